The first-order valence-corrected chi connectivity index (χ1v) is 7.77. The summed E-state index contributed by atoms with van der Waals surface area (Å²) in [6.07, 6.45) is 3.71. The molecule has 0 bridgehead atoms. The van der Waals surface area contributed by atoms with Gasteiger partial charge in [0.05, 0.1) is 3.57 Å². The summed E-state index contributed by atoms with van der Waals surface area (Å²) in [6, 6.07) is 13.4. The highest BCUT2D eigenvalue weighted by atomic mass is 127. The predicted octanol–water partition coefficient (Wildman–Crippen LogP) is 4.53. The first-order chi connectivity index (χ1) is 10.6. The Hall–Kier alpha value is -2.15. The third kappa shape index (κ3) is 3.36. The maximum Gasteiger partial charge on any atom is 0.250 e. The van der Waals surface area contributed by atoms with Gasteiger partial charge in [-0.1, -0.05) is 35.0 Å². The SMILES string of the molecule is Cc1ccc(C=Cc2nc(-c3ccc(O)c(I)c3)no2)cc1. The van der Waals surface area contributed by atoms with Gasteiger partial charge in [0, 0.05) is 11.6 Å². The van der Waals surface area contributed by atoms with Gasteiger partial charge in [0.1, 0.15) is 5.75 Å². The second-order valence-electron chi connectivity index (χ2n) is 4.87. The van der Waals surface area contributed by atoms with Gasteiger partial charge in [-0.2, -0.15) is 4.98 Å². The number of benzene rings is 2. The number of rotatable bonds is 3. The molecule has 0 fully saturated rings. The van der Waals surface area contributed by atoms with E-state index in [1.54, 1.807) is 18.2 Å². The summed E-state index contributed by atoms with van der Waals surface area (Å²) < 4.78 is 5.97. The number of halogens is 1. The Bertz CT molecular complexity index is 823. The molecule has 0 saturated carbocycles. The van der Waals surface area contributed by atoms with E-state index >= 15 is 0 Å². The van der Waals surface area contributed by atoms with Crippen molar-refractivity contribution < 1.29 is 9.63 Å². The Kier molecular flexibility index (Phi) is 4.24. The van der Waals surface area contributed by atoms with Crippen LogP contribution in [-0.4, -0.2) is 15.2 Å². The van der Waals surface area contributed by atoms with Gasteiger partial charge in [-0.15, -0.1) is 0 Å². The molecule has 4 nitrogen and oxygen atoms in total. The van der Waals surface area contributed by atoms with Gasteiger partial charge >= 0.3 is 0 Å². The van der Waals surface area contributed by atoms with Gasteiger partial charge in [-0.25, -0.2) is 0 Å². The maximum atomic E-state index is 9.54. The van der Waals surface area contributed by atoms with Crippen molar-refractivity contribution in [3.63, 3.8) is 0 Å². The minimum absolute atomic E-state index is 0.243. The third-order valence-corrected chi connectivity index (χ3v) is 4.01. The van der Waals surface area contributed by atoms with E-state index in [9.17, 15) is 5.11 Å². The highest BCUT2D eigenvalue weighted by Crippen LogP contribution is 2.25. The van der Waals surface area contributed by atoms with Crippen molar-refractivity contribution in [2.45, 2.75) is 6.92 Å². The molecule has 1 aromatic heterocycles. The molecule has 0 unspecified atom stereocenters. The normalized spacial score (nSPS) is 11.2. The Morgan fingerprint density at radius 1 is 1.09 bits per heavy atom. The van der Waals surface area contributed by atoms with E-state index in [4.69, 9.17) is 4.52 Å². The molecule has 110 valence electrons. The van der Waals surface area contributed by atoms with E-state index in [0.29, 0.717) is 11.7 Å². The van der Waals surface area contributed by atoms with E-state index in [2.05, 4.69) is 51.8 Å². The Balaban J connectivity index is 1.81. The van der Waals surface area contributed by atoms with Crippen LogP contribution in [-0.2, 0) is 0 Å². The molecule has 0 radical (unpaired) electrons. The first-order valence-electron chi connectivity index (χ1n) is 6.69. The molecule has 0 atom stereocenters. The highest BCUT2D eigenvalue weighted by molar-refractivity contribution is 14.1. The number of aryl methyl sites for hydroxylation is 1. The lowest BCUT2D eigenvalue weighted by Gasteiger charge is -1.98. The van der Waals surface area contributed by atoms with Crippen LogP contribution in [0.1, 0.15) is 17.0 Å². The van der Waals surface area contributed by atoms with Gasteiger partial charge in [0.25, 0.3) is 5.89 Å². The predicted molar refractivity (Wildman–Crippen MR) is 94.2 cm³/mol. The second kappa shape index (κ2) is 6.31. The number of phenolic OH excluding ortho intramolecular Hbond substituents is 1. The van der Waals surface area contributed by atoms with Crippen LogP contribution < -0.4 is 0 Å². The van der Waals surface area contributed by atoms with Crippen LogP contribution in [0.2, 0.25) is 0 Å². The molecule has 0 amide bonds. The molecule has 0 aliphatic heterocycles. The molecule has 0 saturated heterocycles. The zero-order valence-corrected chi connectivity index (χ0v) is 14.0. The average molecular weight is 404 g/mol. The highest BCUT2D eigenvalue weighted by Gasteiger charge is 2.08. The topological polar surface area (TPSA) is 59.2 Å². The lowest BCUT2D eigenvalue weighted by Crippen LogP contribution is -1.82. The molecule has 0 aliphatic rings. The number of aromatic nitrogens is 2. The minimum atomic E-state index is 0.243. The summed E-state index contributed by atoms with van der Waals surface area (Å²) in [7, 11) is 0. The molecule has 22 heavy (non-hydrogen) atoms. The lowest BCUT2D eigenvalue weighted by atomic mass is 10.1. The fourth-order valence-electron chi connectivity index (χ4n) is 1.91. The fourth-order valence-corrected chi connectivity index (χ4v) is 2.43. The maximum absolute atomic E-state index is 9.54. The van der Waals surface area contributed by atoms with Crippen LogP contribution in [0, 0.1) is 10.5 Å². The monoisotopic (exact) mass is 404 g/mol. The second-order valence-corrected chi connectivity index (χ2v) is 6.03. The van der Waals surface area contributed by atoms with Crippen LogP contribution >= 0.6 is 22.6 Å². The molecule has 0 spiro atoms. The van der Waals surface area contributed by atoms with Crippen LogP contribution in [0.4, 0.5) is 0 Å². The smallest absolute Gasteiger partial charge is 0.250 e. The van der Waals surface area contributed by atoms with Crippen molar-refractivity contribution in [1.29, 1.82) is 0 Å². The van der Waals surface area contributed by atoms with E-state index in [1.807, 2.05) is 24.3 Å². The summed E-state index contributed by atoms with van der Waals surface area (Å²) in [5.41, 5.74) is 3.10. The molecule has 3 aromatic rings. The van der Waals surface area contributed by atoms with Gasteiger partial charge in [-0.3, -0.25) is 0 Å². The summed E-state index contributed by atoms with van der Waals surface area (Å²) >= 11 is 2.06. The van der Waals surface area contributed by atoms with Gasteiger partial charge in [-0.05, 0) is 59.4 Å². The summed E-state index contributed by atoms with van der Waals surface area (Å²) in [5, 5.41) is 13.5. The van der Waals surface area contributed by atoms with E-state index in [1.165, 1.54) is 5.56 Å². The van der Waals surface area contributed by atoms with Crippen molar-refractivity contribution in [1.82, 2.24) is 10.1 Å². The number of aromatic hydroxyl groups is 1. The molecular formula is C17H13IN2O2. The van der Waals surface area contributed by atoms with E-state index < -0.39 is 0 Å². The fraction of sp³-hybridized carbons (Fsp3) is 0.0588. The number of hydrogen-bond donors (Lipinski definition) is 1. The largest absolute Gasteiger partial charge is 0.507 e. The Morgan fingerprint density at radius 2 is 1.86 bits per heavy atom. The molecule has 3 rings (SSSR count). The van der Waals surface area contributed by atoms with Crippen LogP contribution in [0.15, 0.2) is 47.0 Å². The van der Waals surface area contributed by atoms with Gasteiger partial charge in [0.15, 0.2) is 0 Å². The lowest BCUT2D eigenvalue weighted by molar-refractivity contribution is 0.411. The number of nitrogens with zero attached hydrogens (tertiary/aromatic N) is 2. The number of phenols is 1. The molecule has 1 N–H and O–H groups in total. The zero-order chi connectivity index (χ0) is 15.5. The Morgan fingerprint density at radius 3 is 2.59 bits per heavy atom. The average Bonchev–Trinajstić information content (AvgIpc) is 2.98. The van der Waals surface area contributed by atoms with Crippen LogP contribution in [0.3, 0.4) is 0 Å². The minimum Gasteiger partial charge on any atom is -0.507 e. The van der Waals surface area contributed by atoms with Gasteiger partial charge < -0.3 is 9.63 Å². The van der Waals surface area contributed by atoms with Crippen molar-refractivity contribution in [3.05, 3.63) is 63.1 Å². The van der Waals surface area contributed by atoms with E-state index in [0.717, 1.165) is 14.7 Å². The quantitative estimate of drug-likeness (QED) is 0.652. The van der Waals surface area contributed by atoms with Crippen molar-refractivity contribution in [2.75, 3.05) is 0 Å². The Labute approximate surface area is 141 Å². The molecule has 0 aliphatic carbocycles. The summed E-state index contributed by atoms with van der Waals surface area (Å²) in [5.74, 6) is 1.19. The van der Waals surface area contributed by atoms with E-state index in [-0.39, 0.29) is 5.75 Å². The van der Waals surface area contributed by atoms with Crippen molar-refractivity contribution in [2.24, 2.45) is 0 Å². The zero-order valence-electron chi connectivity index (χ0n) is 11.8. The standard InChI is InChI=1S/C17H13IN2O2/c1-11-2-4-12(5-3-11)6-9-16-19-17(20-22-16)13-7-8-15(21)14(18)10-13/h2-10,21H,1H3. The van der Waals surface area contributed by atoms with Crippen molar-refractivity contribution in [3.8, 4) is 17.1 Å². The molecular weight excluding hydrogens is 391 g/mol. The molecule has 5 heteroatoms. The number of hydrogen-bond acceptors (Lipinski definition) is 4. The third-order valence-electron chi connectivity index (χ3n) is 3.14. The summed E-state index contributed by atoms with van der Waals surface area (Å²) in [6.45, 7) is 2.05. The molecule has 1 heterocycles. The van der Waals surface area contributed by atoms with Gasteiger partial charge in [0.2, 0.25) is 5.82 Å². The first kappa shape index (κ1) is 14.8. The summed E-state index contributed by atoms with van der Waals surface area (Å²) in [4.78, 5) is 4.33. The van der Waals surface area contributed by atoms with Crippen LogP contribution in [0.5, 0.6) is 5.75 Å². The molecule has 2 aromatic carbocycles. The van der Waals surface area contributed by atoms with Crippen molar-refractivity contribution >= 4 is 34.7 Å². The van der Waals surface area contributed by atoms with Crippen LogP contribution in [0.25, 0.3) is 23.5 Å².